The van der Waals surface area contributed by atoms with E-state index < -0.39 is 0 Å². The van der Waals surface area contributed by atoms with E-state index in [2.05, 4.69) is 72.9 Å². The summed E-state index contributed by atoms with van der Waals surface area (Å²) in [6, 6.07) is 12.6. The van der Waals surface area contributed by atoms with Crippen LogP contribution >= 0.6 is 11.3 Å². The Morgan fingerprint density at radius 2 is 1.79 bits per heavy atom. The molecule has 5 nitrogen and oxygen atoms in total. The van der Waals surface area contributed by atoms with Crippen LogP contribution in [0.4, 0.5) is 22.2 Å². The predicted octanol–water partition coefficient (Wildman–Crippen LogP) is 5.86. The molecular formula is C23H29N5S. The van der Waals surface area contributed by atoms with Gasteiger partial charge in [-0.25, -0.2) is 4.98 Å². The molecule has 3 rings (SSSR count). The van der Waals surface area contributed by atoms with Crippen molar-refractivity contribution >= 4 is 33.5 Å². The molecule has 0 saturated carbocycles. The van der Waals surface area contributed by atoms with Crippen LogP contribution in [0.2, 0.25) is 0 Å². The largest absolute Gasteiger partial charge is 0.403 e. The van der Waals surface area contributed by atoms with Crippen molar-refractivity contribution in [2.75, 3.05) is 28.6 Å². The van der Waals surface area contributed by atoms with Gasteiger partial charge in [-0.15, -0.1) is 11.3 Å². The number of nitrogens with two attached hydrogens (primary N) is 1. The maximum absolute atomic E-state index is 5.36. The van der Waals surface area contributed by atoms with Crippen molar-refractivity contribution in [1.82, 2.24) is 4.98 Å². The minimum Gasteiger partial charge on any atom is -0.403 e. The normalized spacial score (nSPS) is 11.0. The van der Waals surface area contributed by atoms with Crippen molar-refractivity contribution in [2.45, 2.75) is 27.7 Å². The molecule has 0 spiro atoms. The van der Waals surface area contributed by atoms with Gasteiger partial charge in [-0.1, -0.05) is 12.1 Å². The average Bonchev–Trinajstić information content (AvgIpc) is 3.19. The minimum absolute atomic E-state index is 0.895. The molecule has 1 aromatic heterocycles. The van der Waals surface area contributed by atoms with Crippen LogP contribution in [0.15, 0.2) is 54.2 Å². The summed E-state index contributed by atoms with van der Waals surface area (Å²) in [7, 11) is 0. The molecule has 1 heterocycles. The lowest BCUT2D eigenvalue weighted by Gasteiger charge is -2.24. The van der Waals surface area contributed by atoms with E-state index in [1.165, 1.54) is 23.0 Å². The number of nitrogens with zero attached hydrogens (tertiary/aromatic N) is 2. The number of hydrogen-bond acceptors (Lipinski definition) is 6. The van der Waals surface area contributed by atoms with Crippen LogP contribution in [-0.4, -0.2) is 18.1 Å². The fourth-order valence-corrected chi connectivity index (χ4v) is 4.03. The summed E-state index contributed by atoms with van der Waals surface area (Å²) >= 11 is 1.62. The summed E-state index contributed by atoms with van der Waals surface area (Å²) in [5, 5.41) is 9.58. The second kappa shape index (κ2) is 9.47. The van der Waals surface area contributed by atoms with Gasteiger partial charge in [0, 0.05) is 53.5 Å². The summed E-state index contributed by atoms with van der Waals surface area (Å²) in [4.78, 5) is 7.16. The Kier molecular flexibility index (Phi) is 6.77. The molecule has 0 aliphatic rings. The molecule has 0 saturated heterocycles. The number of hydrogen-bond donors (Lipinski definition) is 3. The van der Waals surface area contributed by atoms with Crippen molar-refractivity contribution in [3.63, 3.8) is 0 Å². The number of aryl methyl sites for hydroxylation is 2. The van der Waals surface area contributed by atoms with Gasteiger partial charge in [-0.05, 0) is 63.1 Å². The van der Waals surface area contributed by atoms with Gasteiger partial charge >= 0.3 is 0 Å². The molecule has 0 fully saturated rings. The standard InChI is InChI=1S/C23H29N5S/c1-5-28(6-2)22-14-16(3)20(13-17(22)4)26-23-27-21(15-29-23)18-7-9-19(10-8-18)25-12-11-24/h7-15,25H,5-6,24H2,1-4H3,(H,26,27)/b12-11-. The van der Waals surface area contributed by atoms with Gasteiger partial charge in [0.2, 0.25) is 0 Å². The molecule has 0 unspecified atom stereocenters. The van der Waals surface area contributed by atoms with Crippen LogP contribution < -0.4 is 21.3 Å². The molecule has 0 radical (unpaired) electrons. The molecule has 0 atom stereocenters. The quantitative estimate of drug-likeness (QED) is 0.436. The number of benzene rings is 2. The molecule has 0 amide bonds. The average molecular weight is 408 g/mol. The van der Waals surface area contributed by atoms with E-state index in [0.29, 0.717) is 0 Å². The van der Waals surface area contributed by atoms with Crippen molar-refractivity contribution in [1.29, 1.82) is 0 Å². The van der Waals surface area contributed by atoms with Crippen LogP contribution in [-0.2, 0) is 0 Å². The summed E-state index contributed by atoms with van der Waals surface area (Å²) in [6.07, 6.45) is 3.18. The molecule has 4 N–H and O–H groups in total. The van der Waals surface area contributed by atoms with Gasteiger partial charge in [-0.3, -0.25) is 0 Å². The Morgan fingerprint density at radius 3 is 2.45 bits per heavy atom. The summed E-state index contributed by atoms with van der Waals surface area (Å²) in [5.74, 6) is 0. The minimum atomic E-state index is 0.895. The first kappa shape index (κ1) is 20.7. The Morgan fingerprint density at radius 1 is 1.07 bits per heavy atom. The molecule has 0 aliphatic heterocycles. The summed E-state index contributed by atoms with van der Waals surface area (Å²) < 4.78 is 0. The van der Waals surface area contributed by atoms with Crippen molar-refractivity contribution in [2.24, 2.45) is 5.73 Å². The molecule has 0 bridgehead atoms. The van der Waals surface area contributed by atoms with E-state index in [0.717, 1.165) is 40.9 Å². The summed E-state index contributed by atoms with van der Waals surface area (Å²) in [5.41, 5.74) is 13.3. The van der Waals surface area contributed by atoms with Crippen LogP contribution in [0.25, 0.3) is 11.3 Å². The van der Waals surface area contributed by atoms with Gasteiger partial charge in [0.25, 0.3) is 0 Å². The highest BCUT2D eigenvalue weighted by Gasteiger charge is 2.11. The number of aromatic nitrogens is 1. The molecule has 29 heavy (non-hydrogen) atoms. The highest BCUT2D eigenvalue weighted by atomic mass is 32.1. The van der Waals surface area contributed by atoms with Crippen molar-refractivity contribution in [3.8, 4) is 11.3 Å². The van der Waals surface area contributed by atoms with E-state index >= 15 is 0 Å². The molecule has 0 aliphatic carbocycles. The highest BCUT2D eigenvalue weighted by molar-refractivity contribution is 7.14. The first-order valence-electron chi connectivity index (χ1n) is 9.88. The molecule has 152 valence electrons. The monoisotopic (exact) mass is 407 g/mol. The number of rotatable bonds is 8. The third-order valence-corrected chi connectivity index (χ3v) is 5.68. The molecule has 2 aromatic carbocycles. The highest BCUT2D eigenvalue weighted by Crippen LogP contribution is 2.32. The molecule has 6 heteroatoms. The number of thiazole rings is 1. The lowest BCUT2D eigenvalue weighted by atomic mass is 10.1. The zero-order chi connectivity index (χ0) is 20.8. The van der Waals surface area contributed by atoms with Crippen molar-refractivity contribution in [3.05, 3.63) is 65.3 Å². The van der Waals surface area contributed by atoms with E-state index in [9.17, 15) is 0 Å². The van der Waals surface area contributed by atoms with Crippen LogP contribution in [0.1, 0.15) is 25.0 Å². The topological polar surface area (TPSA) is 66.2 Å². The third-order valence-electron chi connectivity index (χ3n) is 4.92. The zero-order valence-corrected chi connectivity index (χ0v) is 18.3. The van der Waals surface area contributed by atoms with Gasteiger partial charge in [0.05, 0.1) is 5.69 Å². The van der Waals surface area contributed by atoms with E-state index in [4.69, 9.17) is 10.7 Å². The maximum atomic E-state index is 5.36. The lowest BCUT2D eigenvalue weighted by Crippen LogP contribution is -2.22. The Bertz CT molecular complexity index is 971. The molecular weight excluding hydrogens is 378 g/mol. The fourth-order valence-electron chi connectivity index (χ4n) is 3.30. The Balaban J connectivity index is 1.77. The smallest absolute Gasteiger partial charge is 0.187 e. The number of anilines is 4. The third kappa shape index (κ3) is 4.90. The fraction of sp³-hybridized carbons (Fsp3) is 0.261. The van der Waals surface area contributed by atoms with E-state index in [-0.39, 0.29) is 0 Å². The summed E-state index contributed by atoms with van der Waals surface area (Å²) in [6.45, 7) is 10.7. The van der Waals surface area contributed by atoms with E-state index in [1.54, 1.807) is 17.5 Å². The SMILES string of the molecule is CCN(CC)c1cc(C)c(Nc2nc(-c3ccc(N/C=C\N)cc3)cs2)cc1C. The predicted molar refractivity (Wildman–Crippen MR) is 127 cm³/mol. The van der Waals surface area contributed by atoms with Gasteiger partial charge in [-0.2, -0.15) is 0 Å². The first-order valence-corrected chi connectivity index (χ1v) is 10.8. The van der Waals surface area contributed by atoms with Crippen LogP contribution in [0, 0.1) is 13.8 Å². The van der Waals surface area contributed by atoms with Crippen molar-refractivity contribution < 1.29 is 0 Å². The first-order chi connectivity index (χ1) is 14.0. The van der Waals surface area contributed by atoms with Gasteiger partial charge < -0.3 is 21.3 Å². The van der Waals surface area contributed by atoms with Gasteiger partial charge in [0.1, 0.15) is 0 Å². The number of nitrogens with one attached hydrogen (secondary N) is 2. The molecule has 3 aromatic rings. The maximum Gasteiger partial charge on any atom is 0.187 e. The second-order valence-electron chi connectivity index (χ2n) is 6.87. The second-order valence-corrected chi connectivity index (χ2v) is 7.73. The van der Waals surface area contributed by atoms with Gasteiger partial charge in [0.15, 0.2) is 5.13 Å². The Labute approximate surface area is 177 Å². The van der Waals surface area contributed by atoms with Crippen LogP contribution in [0.5, 0.6) is 0 Å². The lowest BCUT2D eigenvalue weighted by molar-refractivity contribution is 0.861. The zero-order valence-electron chi connectivity index (χ0n) is 17.5. The van der Waals surface area contributed by atoms with Crippen LogP contribution in [0.3, 0.4) is 0 Å². The van der Waals surface area contributed by atoms with E-state index in [1.807, 2.05) is 12.1 Å². The Hall–Kier alpha value is -2.99.